The zero-order valence-electron chi connectivity index (χ0n) is 9.81. The Kier molecular flexibility index (Phi) is 3.42. The highest BCUT2D eigenvalue weighted by Gasteiger charge is 2.18. The molecule has 0 aliphatic carbocycles. The van der Waals surface area contributed by atoms with Gasteiger partial charge in [-0.25, -0.2) is 9.97 Å². The highest BCUT2D eigenvalue weighted by molar-refractivity contribution is 14.1. The number of nitrogens with one attached hydrogen (secondary N) is 1. The summed E-state index contributed by atoms with van der Waals surface area (Å²) in [5.41, 5.74) is 2.54. The van der Waals surface area contributed by atoms with Crippen LogP contribution in [0.2, 0.25) is 0 Å². The molecule has 92 valence electrons. The summed E-state index contributed by atoms with van der Waals surface area (Å²) in [4.78, 5) is 10.7. The number of halogens is 1. The zero-order valence-corrected chi connectivity index (χ0v) is 12.0. The van der Waals surface area contributed by atoms with E-state index in [1.54, 1.807) is 6.33 Å². The van der Waals surface area contributed by atoms with Crippen LogP contribution >= 0.6 is 22.6 Å². The first-order valence-electron chi connectivity index (χ1n) is 5.88. The van der Waals surface area contributed by atoms with Gasteiger partial charge in [-0.05, 0) is 34.2 Å². The van der Waals surface area contributed by atoms with Gasteiger partial charge in [-0.1, -0.05) is 18.2 Å². The van der Waals surface area contributed by atoms with Gasteiger partial charge >= 0.3 is 0 Å². The van der Waals surface area contributed by atoms with Crippen LogP contribution < -0.4 is 10.2 Å². The first-order valence-corrected chi connectivity index (χ1v) is 6.96. The van der Waals surface area contributed by atoms with E-state index in [1.165, 1.54) is 11.3 Å². The van der Waals surface area contributed by atoms with Crippen LogP contribution in [-0.2, 0) is 6.54 Å². The van der Waals surface area contributed by atoms with Gasteiger partial charge in [-0.3, -0.25) is 0 Å². The Bertz CT molecular complexity index is 558. The second kappa shape index (κ2) is 5.19. The summed E-state index contributed by atoms with van der Waals surface area (Å²) < 4.78 is 1.08. The lowest BCUT2D eigenvalue weighted by molar-refractivity contribution is 0.710. The molecular weight excluding hydrogens is 339 g/mol. The van der Waals surface area contributed by atoms with Crippen molar-refractivity contribution in [2.45, 2.75) is 6.54 Å². The Morgan fingerprint density at radius 3 is 3.06 bits per heavy atom. The van der Waals surface area contributed by atoms with Gasteiger partial charge in [0.25, 0.3) is 0 Å². The molecular formula is C13H13IN4. The van der Waals surface area contributed by atoms with Crippen molar-refractivity contribution in [2.75, 3.05) is 18.0 Å². The van der Waals surface area contributed by atoms with Crippen LogP contribution in [0.4, 0.5) is 11.5 Å². The van der Waals surface area contributed by atoms with Crippen molar-refractivity contribution in [2.24, 2.45) is 0 Å². The monoisotopic (exact) mass is 352 g/mol. The van der Waals surface area contributed by atoms with E-state index in [2.05, 4.69) is 67.0 Å². The second-order valence-electron chi connectivity index (χ2n) is 4.15. The lowest BCUT2D eigenvalue weighted by Crippen LogP contribution is -2.25. The fourth-order valence-electron chi connectivity index (χ4n) is 2.18. The molecule has 2 aromatic rings. The second-order valence-corrected chi connectivity index (χ2v) is 5.31. The molecule has 18 heavy (non-hydrogen) atoms. The Balaban J connectivity index is 2.10. The van der Waals surface area contributed by atoms with E-state index in [0.717, 1.165) is 29.0 Å². The fraction of sp³-hybridized carbons (Fsp3) is 0.231. The number of fused-ring (bicyclic) bond motifs is 1. The number of benzene rings is 1. The third-order valence-electron chi connectivity index (χ3n) is 3.01. The molecule has 0 saturated heterocycles. The summed E-state index contributed by atoms with van der Waals surface area (Å²) in [6, 6.07) is 8.47. The lowest BCUT2D eigenvalue weighted by Gasteiger charge is -2.24. The van der Waals surface area contributed by atoms with E-state index < -0.39 is 0 Å². The van der Waals surface area contributed by atoms with E-state index in [9.17, 15) is 0 Å². The summed E-state index contributed by atoms with van der Waals surface area (Å²) in [6.07, 6.45) is 3.46. The molecule has 1 aromatic carbocycles. The molecule has 0 radical (unpaired) electrons. The van der Waals surface area contributed by atoms with Gasteiger partial charge in [0.2, 0.25) is 0 Å². The molecule has 1 N–H and O–H groups in total. The minimum absolute atomic E-state index is 0.911. The van der Waals surface area contributed by atoms with Crippen LogP contribution in [0.25, 0.3) is 0 Å². The topological polar surface area (TPSA) is 41.1 Å². The molecule has 0 saturated carbocycles. The largest absolute Gasteiger partial charge is 0.324 e. The van der Waals surface area contributed by atoms with Gasteiger partial charge in [-0.15, -0.1) is 0 Å². The quantitative estimate of drug-likeness (QED) is 0.800. The van der Waals surface area contributed by atoms with Crippen molar-refractivity contribution in [3.05, 3.63) is 45.9 Å². The van der Waals surface area contributed by atoms with Gasteiger partial charge in [0.1, 0.15) is 12.1 Å². The minimum atomic E-state index is 0.911. The molecule has 1 aliphatic rings. The molecule has 0 amide bonds. The number of anilines is 2. The van der Waals surface area contributed by atoms with Crippen molar-refractivity contribution < 1.29 is 0 Å². The van der Waals surface area contributed by atoms with Crippen LogP contribution in [0.3, 0.4) is 0 Å². The maximum Gasteiger partial charge on any atom is 0.149 e. The molecule has 3 rings (SSSR count). The smallest absolute Gasteiger partial charge is 0.149 e. The Hall–Kier alpha value is -1.21. The van der Waals surface area contributed by atoms with Gasteiger partial charge in [-0.2, -0.15) is 0 Å². The van der Waals surface area contributed by atoms with Gasteiger partial charge in [0.15, 0.2) is 0 Å². The van der Waals surface area contributed by atoms with E-state index in [-0.39, 0.29) is 0 Å². The first-order chi connectivity index (χ1) is 8.86. The maximum atomic E-state index is 4.42. The molecule has 1 aliphatic heterocycles. The molecule has 0 unspecified atom stereocenters. The molecule has 0 fully saturated rings. The molecule has 5 heteroatoms. The summed E-state index contributed by atoms with van der Waals surface area (Å²) in [5.74, 6) is 0.988. The van der Waals surface area contributed by atoms with Gasteiger partial charge in [0.05, 0.1) is 3.57 Å². The first kappa shape index (κ1) is 11.9. The van der Waals surface area contributed by atoms with Gasteiger partial charge < -0.3 is 10.2 Å². The third kappa shape index (κ3) is 2.20. The average Bonchev–Trinajstić information content (AvgIpc) is 2.62. The van der Waals surface area contributed by atoms with Crippen LogP contribution in [0.15, 0.2) is 36.8 Å². The normalized spacial score (nSPS) is 15.1. The van der Waals surface area contributed by atoms with Crippen molar-refractivity contribution in [3.8, 4) is 0 Å². The molecule has 0 spiro atoms. The number of hydrogen-bond donors (Lipinski definition) is 1. The minimum Gasteiger partial charge on any atom is -0.324 e. The molecule has 1 aromatic heterocycles. The average molecular weight is 352 g/mol. The predicted octanol–water partition coefficient (Wildman–Crippen LogP) is 2.32. The van der Waals surface area contributed by atoms with Gasteiger partial charge in [0, 0.05) is 31.5 Å². The molecule has 0 atom stereocenters. The number of aromatic nitrogens is 2. The van der Waals surface area contributed by atoms with Crippen LogP contribution in [0.5, 0.6) is 0 Å². The summed E-state index contributed by atoms with van der Waals surface area (Å²) in [7, 11) is 0. The van der Waals surface area contributed by atoms with Crippen molar-refractivity contribution in [3.63, 3.8) is 0 Å². The SMILES string of the molecule is Ic1cncnc1N1CCNCc2ccccc21. The number of hydrogen-bond acceptors (Lipinski definition) is 4. The molecule has 0 bridgehead atoms. The Labute approximate surface area is 120 Å². The van der Waals surface area contributed by atoms with Crippen LogP contribution in [0, 0.1) is 3.57 Å². The summed E-state index contributed by atoms with van der Waals surface area (Å²) >= 11 is 2.29. The number of rotatable bonds is 1. The summed E-state index contributed by atoms with van der Waals surface area (Å²) in [5, 5.41) is 3.44. The predicted molar refractivity (Wildman–Crippen MR) is 79.9 cm³/mol. The van der Waals surface area contributed by atoms with Crippen LogP contribution in [0.1, 0.15) is 5.56 Å². The third-order valence-corrected chi connectivity index (χ3v) is 3.77. The van der Waals surface area contributed by atoms with E-state index >= 15 is 0 Å². The summed E-state index contributed by atoms with van der Waals surface area (Å²) in [6.45, 7) is 2.78. The Morgan fingerprint density at radius 1 is 1.28 bits per heavy atom. The molecule has 2 heterocycles. The standard InChI is InChI=1S/C13H13IN4/c14-11-8-16-9-17-13(11)18-6-5-15-7-10-3-1-2-4-12(10)18/h1-4,8-9,15H,5-7H2. The van der Waals surface area contributed by atoms with Crippen LogP contribution in [-0.4, -0.2) is 23.1 Å². The Morgan fingerprint density at radius 2 is 2.17 bits per heavy atom. The van der Waals surface area contributed by atoms with E-state index in [1.807, 2.05) is 6.20 Å². The zero-order chi connectivity index (χ0) is 12.4. The highest BCUT2D eigenvalue weighted by Crippen LogP contribution is 2.30. The highest BCUT2D eigenvalue weighted by atomic mass is 127. The van der Waals surface area contributed by atoms with Crippen molar-refractivity contribution in [1.82, 2.24) is 15.3 Å². The fourth-order valence-corrected chi connectivity index (χ4v) is 2.77. The molecule has 4 nitrogen and oxygen atoms in total. The lowest BCUT2D eigenvalue weighted by atomic mass is 10.1. The van der Waals surface area contributed by atoms with E-state index in [4.69, 9.17) is 0 Å². The van der Waals surface area contributed by atoms with E-state index in [0.29, 0.717) is 0 Å². The van der Waals surface area contributed by atoms with Crippen molar-refractivity contribution >= 4 is 34.1 Å². The maximum absolute atomic E-state index is 4.42. The number of nitrogens with zero attached hydrogens (tertiary/aromatic N) is 3. The number of para-hydroxylation sites is 1. The van der Waals surface area contributed by atoms with Crippen molar-refractivity contribution in [1.29, 1.82) is 0 Å².